The maximum Gasteiger partial charge on any atom is 0.257 e. The second kappa shape index (κ2) is 9.56. The van der Waals surface area contributed by atoms with Crippen LogP contribution in [0.25, 0.3) is 4.85 Å². The third-order valence-electron chi connectivity index (χ3n) is 4.35. The fourth-order valence-corrected chi connectivity index (χ4v) is 5.27. The van der Waals surface area contributed by atoms with Crippen LogP contribution < -0.4 is 14.8 Å². The summed E-state index contributed by atoms with van der Waals surface area (Å²) in [5.74, 6) is 0.879. The SMILES string of the molecule is [C-]#[N+]c1cc(Cl)cc(Oc2cc(Cl)cc(OCC(=O)NCC3CCS(=O)(=O)C3)c2)c1. The summed E-state index contributed by atoms with van der Waals surface area (Å²) in [6.07, 6.45) is 0.553. The summed E-state index contributed by atoms with van der Waals surface area (Å²) in [4.78, 5) is 15.3. The van der Waals surface area contributed by atoms with Crippen molar-refractivity contribution >= 4 is 44.6 Å². The van der Waals surface area contributed by atoms with Crippen LogP contribution in [0.4, 0.5) is 5.69 Å². The second-order valence-corrected chi connectivity index (χ2v) is 9.95. The van der Waals surface area contributed by atoms with Crippen molar-refractivity contribution in [2.75, 3.05) is 24.7 Å². The molecule has 1 unspecified atom stereocenters. The van der Waals surface area contributed by atoms with E-state index in [4.69, 9.17) is 39.2 Å². The van der Waals surface area contributed by atoms with Crippen molar-refractivity contribution in [3.63, 3.8) is 0 Å². The molecule has 1 aliphatic heterocycles. The number of nitrogens with one attached hydrogen (secondary N) is 1. The fourth-order valence-electron chi connectivity index (χ4n) is 2.98. The van der Waals surface area contributed by atoms with E-state index < -0.39 is 9.84 Å². The van der Waals surface area contributed by atoms with Gasteiger partial charge in [0, 0.05) is 22.7 Å². The van der Waals surface area contributed by atoms with Crippen molar-refractivity contribution < 1.29 is 22.7 Å². The van der Waals surface area contributed by atoms with E-state index in [1.807, 2.05) is 0 Å². The van der Waals surface area contributed by atoms with Crippen molar-refractivity contribution in [1.29, 1.82) is 0 Å². The predicted molar refractivity (Wildman–Crippen MR) is 115 cm³/mol. The monoisotopic (exact) mass is 468 g/mol. The van der Waals surface area contributed by atoms with Crippen molar-refractivity contribution in [3.05, 3.63) is 57.9 Å². The number of ether oxygens (including phenoxy) is 2. The van der Waals surface area contributed by atoms with Crippen LogP contribution in [0, 0.1) is 12.5 Å². The van der Waals surface area contributed by atoms with Gasteiger partial charge < -0.3 is 14.8 Å². The Hall–Kier alpha value is -2.47. The molecule has 1 amide bonds. The first-order chi connectivity index (χ1) is 14.2. The summed E-state index contributed by atoms with van der Waals surface area (Å²) >= 11 is 12.1. The lowest BCUT2D eigenvalue weighted by Gasteiger charge is -2.12. The number of carbonyl (C=O) groups is 1. The molecule has 158 valence electrons. The van der Waals surface area contributed by atoms with Gasteiger partial charge in [0.2, 0.25) is 0 Å². The third-order valence-corrected chi connectivity index (χ3v) is 6.62. The molecule has 10 heteroatoms. The maximum absolute atomic E-state index is 12.0. The first-order valence-electron chi connectivity index (χ1n) is 8.99. The van der Waals surface area contributed by atoms with E-state index in [-0.39, 0.29) is 29.9 Å². The highest BCUT2D eigenvalue weighted by Crippen LogP contribution is 2.33. The number of rotatable bonds is 7. The molecule has 30 heavy (non-hydrogen) atoms. The van der Waals surface area contributed by atoms with E-state index in [9.17, 15) is 13.2 Å². The van der Waals surface area contributed by atoms with Crippen LogP contribution in [-0.2, 0) is 14.6 Å². The second-order valence-electron chi connectivity index (χ2n) is 6.84. The number of benzene rings is 2. The molecular formula is C20H18Cl2N2O5S. The van der Waals surface area contributed by atoms with Gasteiger partial charge in [0.1, 0.15) is 17.2 Å². The van der Waals surface area contributed by atoms with E-state index in [0.717, 1.165) is 0 Å². The van der Waals surface area contributed by atoms with Gasteiger partial charge in [0.25, 0.3) is 5.91 Å². The minimum atomic E-state index is -2.98. The van der Waals surface area contributed by atoms with Gasteiger partial charge in [-0.2, -0.15) is 0 Å². The molecule has 0 aliphatic carbocycles. The molecule has 0 aromatic heterocycles. The molecule has 2 aromatic rings. The largest absolute Gasteiger partial charge is 0.484 e. The minimum absolute atomic E-state index is 0.0665. The highest BCUT2D eigenvalue weighted by atomic mass is 35.5. The number of hydrogen-bond acceptors (Lipinski definition) is 5. The van der Waals surface area contributed by atoms with E-state index in [0.29, 0.717) is 45.9 Å². The highest BCUT2D eigenvalue weighted by molar-refractivity contribution is 7.91. The van der Waals surface area contributed by atoms with Gasteiger partial charge >= 0.3 is 0 Å². The van der Waals surface area contributed by atoms with Gasteiger partial charge in [-0.3, -0.25) is 4.79 Å². The first kappa shape index (κ1) is 22.2. The number of hydrogen-bond donors (Lipinski definition) is 1. The van der Waals surface area contributed by atoms with Gasteiger partial charge in [-0.15, -0.1) is 0 Å². The van der Waals surface area contributed by atoms with E-state index in [2.05, 4.69) is 10.2 Å². The van der Waals surface area contributed by atoms with Gasteiger partial charge in [-0.25, -0.2) is 13.3 Å². The van der Waals surface area contributed by atoms with Crippen LogP contribution in [-0.4, -0.2) is 39.0 Å². The molecule has 1 heterocycles. The molecule has 0 bridgehead atoms. The number of carbonyl (C=O) groups excluding carboxylic acids is 1. The Morgan fingerprint density at radius 2 is 1.77 bits per heavy atom. The third kappa shape index (κ3) is 6.52. The van der Waals surface area contributed by atoms with Crippen LogP contribution in [0.15, 0.2) is 36.4 Å². The smallest absolute Gasteiger partial charge is 0.257 e. The molecular weight excluding hydrogens is 451 g/mol. The quantitative estimate of drug-likeness (QED) is 0.613. The maximum atomic E-state index is 12.0. The number of nitrogens with zero attached hydrogens (tertiary/aromatic N) is 1. The minimum Gasteiger partial charge on any atom is -0.484 e. The standard InChI is InChI=1S/C20H18Cl2N2O5S/c1-23-16-4-14(21)6-18(8-16)29-19-7-15(22)5-17(9-19)28-11-20(25)24-10-13-2-3-30(26,27)12-13/h4-9,13H,2-3,10-12H2,(H,24,25). The molecule has 1 saturated heterocycles. The highest BCUT2D eigenvalue weighted by Gasteiger charge is 2.27. The Morgan fingerprint density at radius 1 is 1.10 bits per heavy atom. The first-order valence-corrected chi connectivity index (χ1v) is 11.6. The number of amides is 1. The van der Waals surface area contributed by atoms with E-state index >= 15 is 0 Å². The molecule has 7 nitrogen and oxygen atoms in total. The number of sulfone groups is 1. The van der Waals surface area contributed by atoms with Crippen LogP contribution in [0.5, 0.6) is 17.2 Å². The van der Waals surface area contributed by atoms with Gasteiger partial charge in [-0.05, 0) is 42.7 Å². The lowest BCUT2D eigenvalue weighted by Crippen LogP contribution is -2.33. The van der Waals surface area contributed by atoms with Gasteiger partial charge in [0.15, 0.2) is 22.1 Å². The van der Waals surface area contributed by atoms with Crippen LogP contribution >= 0.6 is 23.2 Å². The molecule has 1 aliphatic rings. The summed E-state index contributed by atoms with van der Waals surface area (Å²) in [7, 11) is -2.98. The normalized spacial score (nSPS) is 17.2. The Morgan fingerprint density at radius 3 is 2.43 bits per heavy atom. The van der Waals surface area contributed by atoms with Gasteiger partial charge in [0.05, 0.1) is 18.1 Å². The molecule has 1 atom stereocenters. The zero-order valence-electron chi connectivity index (χ0n) is 15.7. The molecule has 3 rings (SSSR count). The Bertz CT molecular complexity index is 1100. The van der Waals surface area contributed by atoms with Crippen LogP contribution in [0.3, 0.4) is 0 Å². The molecule has 2 aromatic carbocycles. The average molecular weight is 469 g/mol. The van der Waals surface area contributed by atoms with Crippen LogP contribution in [0.2, 0.25) is 10.0 Å². The zero-order valence-corrected chi connectivity index (χ0v) is 18.1. The summed E-state index contributed by atoms with van der Waals surface area (Å²) in [5.41, 5.74) is 0.336. The molecule has 1 N–H and O–H groups in total. The lowest BCUT2D eigenvalue weighted by molar-refractivity contribution is -0.123. The van der Waals surface area contributed by atoms with Crippen LogP contribution in [0.1, 0.15) is 6.42 Å². The predicted octanol–water partition coefficient (Wildman–Crippen LogP) is 4.27. The topological polar surface area (TPSA) is 86.1 Å². The van der Waals surface area contributed by atoms with E-state index in [1.54, 1.807) is 18.2 Å². The van der Waals surface area contributed by atoms with Crippen molar-refractivity contribution in [2.45, 2.75) is 6.42 Å². The van der Waals surface area contributed by atoms with Crippen molar-refractivity contribution in [1.82, 2.24) is 5.32 Å². The summed E-state index contributed by atoms with van der Waals surface area (Å²) in [6.45, 7) is 7.13. The van der Waals surface area contributed by atoms with E-state index in [1.165, 1.54) is 18.2 Å². The summed E-state index contributed by atoms with van der Waals surface area (Å²) < 4.78 is 34.1. The average Bonchev–Trinajstić information content (AvgIpc) is 3.02. The molecule has 1 fully saturated rings. The summed E-state index contributed by atoms with van der Waals surface area (Å²) in [5, 5.41) is 3.39. The molecule has 0 saturated carbocycles. The number of halogens is 2. The van der Waals surface area contributed by atoms with Crippen molar-refractivity contribution in [2.24, 2.45) is 5.92 Å². The Labute approximate surface area is 184 Å². The molecule has 0 radical (unpaired) electrons. The Kier molecular flexibility index (Phi) is 7.08. The Balaban J connectivity index is 1.57. The molecule has 0 spiro atoms. The zero-order chi connectivity index (χ0) is 21.7. The van der Waals surface area contributed by atoms with Gasteiger partial charge in [-0.1, -0.05) is 23.2 Å². The summed E-state index contributed by atoms with van der Waals surface area (Å²) in [6, 6.07) is 9.28. The van der Waals surface area contributed by atoms with Crippen molar-refractivity contribution in [3.8, 4) is 17.2 Å². The fraction of sp³-hybridized carbons (Fsp3) is 0.300. The lowest BCUT2D eigenvalue weighted by atomic mass is 10.1.